The Hall–Kier alpha value is -1.66. The number of hydrogen-bond acceptors (Lipinski definition) is 4. The Morgan fingerprint density at radius 3 is 1.44 bits per heavy atom. The predicted octanol–water partition coefficient (Wildman–Crippen LogP) is 3.24. The molecule has 0 saturated heterocycles. The fourth-order valence-corrected chi connectivity index (χ4v) is 2.54. The van der Waals surface area contributed by atoms with E-state index in [-0.39, 0.29) is 29.8 Å². The molecule has 1 saturated carbocycles. The van der Waals surface area contributed by atoms with E-state index in [9.17, 15) is 19.8 Å². The molecule has 0 unspecified atom stereocenters. The van der Waals surface area contributed by atoms with Gasteiger partial charge in [0.05, 0.1) is 13.2 Å². The first-order valence-corrected chi connectivity index (χ1v) is 8.57. The van der Waals surface area contributed by atoms with E-state index in [1.807, 2.05) is 0 Å². The van der Waals surface area contributed by atoms with Crippen LogP contribution in [0.15, 0.2) is 24.3 Å². The van der Waals surface area contributed by atoms with Gasteiger partial charge in [-0.05, 0) is 39.0 Å². The summed E-state index contributed by atoms with van der Waals surface area (Å²) in [5.74, 6) is -1.33. The zero-order valence-electron chi connectivity index (χ0n) is 15.8. The lowest BCUT2D eigenvalue weighted by atomic mass is 9.68. The number of carbonyl (C=O) groups is 2. The largest absolute Gasteiger partial charge is 0.478 e. The summed E-state index contributed by atoms with van der Waals surface area (Å²) in [5.41, 5.74) is 0.158. The van der Waals surface area contributed by atoms with Crippen molar-refractivity contribution in [1.82, 2.24) is 0 Å². The first-order valence-electron chi connectivity index (χ1n) is 8.57. The van der Waals surface area contributed by atoms with E-state index in [2.05, 4.69) is 20.1 Å². The lowest BCUT2D eigenvalue weighted by Crippen LogP contribution is -2.38. The molecule has 0 aromatic rings. The van der Waals surface area contributed by atoms with E-state index in [1.54, 1.807) is 0 Å². The SMILES string of the molecule is C=C(C)C(=O)O.C=C(C)C(=O)O.CCC(CO)(CO)C1CCCCC1. The third kappa shape index (κ3) is 10.7. The van der Waals surface area contributed by atoms with Crippen LogP contribution in [-0.4, -0.2) is 45.6 Å². The highest BCUT2D eigenvalue weighted by atomic mass is 16.4. The first kappa shape index (κ1) is 25.6. The number of aliphatic carboxylic acids is 2. The first-order chi connectivity index (χ1) is 11.6. The number of aliphatic hydroxyl groups is 2. The van der Waals surface area contributed by atoms with E-state index in [1.165, 1.54) is 46.0 Å². The quantitative estimate of drug-likeness (QED) is 0.542. The summed E-state index contributed by atoms with van der Waals surface area (Å²) in [7, 11) is 0. The maximum Gasteiger partial charge on any atom is 0.330 e. The van der Waals surface area contributed by atoms with Crippen molar-refractivity contribution >= 4 is 11.9 Å². The molecule has 1 rings (SSSR count). The van der Waals surface area contributed by atoms with Gasteiger partial charge in [-0.15, -0.1) is 0 Å². The van der Waals surface area contributed by atoms with Crippen LogP contribution in [0.25, 0.3) is 0 Å². The molecule has 1 fully saturated rings. The van der Waals surface area contributed by atoms with Gasteiger partial charge in [-0.3, -0.25) is 0 Å². The molecule has 6 nitrogen and oxygen atoms in total. The summed E-state index contributed by atoms with van der Waals surface area (Å²) < 4.78 is 0. The fraction of sp³-hybridized carbons (Fsp3) is 0.684. The van der Waals surface area contributed by atoms with Gasteiger partial charge in [-0.25, -0.2) is 9.59 Å². The molecular formula is C19H34O6. The Morgan fingerprint density at radius 1 is 0.920 bits per heavy atom. The van der Waals surface area contributed by atoms with Crippen molar-refractivity contribution in [3.8, 4) is 0 Å². The van der Waals surface area contributed by atoms with E-state index >= 15 is 0 Å². The molecule has 6 heteroatoms. The second-order valence-corrected chi connectivity index (χ2v) is 6.54. The molecule has 0 bridgehead atoms. The fourth-order valence-electron chi connectivity index (χ4n) is 2.54. The molecule has 0 heterocycles. The van der Waals surface area contributed by atoms with Gasteiger partial charge in [-0.2, -0.15) is 0 Å². The molecule has 25 heavy (non-hydrogen) atoms. The molecule has 0 spiro atoms. The van der Waals surface area contributed by atoms with Crippen molar-refractivity contribution in [3.63, 3.8) is 0 Å². The van der Waals surface area contributed by atoms with Crippen LogP contribution in [-0.2, 0) is 9.59 Å². The Balaban J connectivity index is 0. The summed E-state index contributed by atoms with van der Waals surface area (Å²) in [6, 6.07) is 0. The van der Waals surface area contributed by atoms with E-state index in [0.717, 1.165) is 6.42 Å². The summed E-state index contributed by atoms with van der Waals surface area (Å²) in [6.45, 7) is 11.6. The summed E-state index contributed by atoms with van der Waals surface area (Å²) >= 11 is 0. The van der Waals surface area contributed by atoms with Crippen LogP contribution < -0.4 is 0 Å². The van der Waals surface area contributed by atoms with Crippen molar-refractivity contribution in [2.45, 2.75) is 59.3 Å². The lowest BCUT2D eigenvalue weighted by molar-refractivity contribution is -0.133. The molecule has 1 aliphatic rings. The second kappa shape index (κ2) is 13.6. The van der Waals surface area contributed by atoms with E-state index < -0.39 is 11.9 Å². The topological polar surface area (TPSA) is 115 Å². The minimum Gasteiger partial charge on any atom is -0.478 e. The van der Waals surface area contributed by atoms with Crippen molar-refractivity contribution < 1.29 is 30.0 Å². The summed E-state index contributed by atoms with van der Waals surface area (Å²) in [5, 5.41) is 34.5. The van der Waals surface area contributed by atoms with Gasteiger partial charge in [-0.1, -0.05) is 39.3 Å². The Labute approximate surface area is 150 Å². The third-order valence-electron chi connectivity index (χ3n) is 4.54. The second-order valence-electron chi connectivity index (χ2n) is 6.54. The molecule has 0 atom stereocenters. The number of carboxylic acids is 2. The van der Waals surface area contributed by atoms with Gasteiger partial charge in [0.2, 0.25) is 0 Å². The standard InChI is InChI=1S/C11H22O2.2C4H6O2/c1-2-11(8-12,9-13)10-6-4-3-5-7-10;2*1-3(2)4(5)6/h10,12-13H,2-9H2,1H3;2*1H2,2H3,(H,5,6). The van der Waals surface area contributed by atoms with Gasteiger partial charge in [0.25, 0.3) is 0 Å². The molecule has 0 radical (unpaired) electrons. The Morgan fingerprint density at radius 2 is 1.24 bits per heavy atom. The number of carboxylic acid groups (broad SMARTS) is 2. The maximum absolute atomic E-state index is 9.60. The van der Waals surface area contributed by atoms with Gasteiger partial charge >= 0.3 is 11.9 Å². The van der Waals surface area contributed by atoms with Crippen LogP contribution in [0, 0.1) is 11.3 Å². The smallest absolute Gasteiger partial charge is 0.330 e. The maximum atomic E-state index is 9.60. The van der Waals surface area contributed by atoms with Crippen LogP contribution >= 0.6 is 0 Å². The highest BCUT2D eigenvalue weighted by molar-refractivity contribution is 5.85. The van der Waals surface area contributed by atoms with Crippen LogP contribution in [0.1, 0.15) is 59.3 Å². The predicted molar refractivity (Wildman–Crippen MR) is 98.4 cm³/mol. The van der Waals surface area contributed by atoms with Crippen molar-refractivity contribution in [3.05, 3.63) is 24.3 Å². The minimum absolute atomic E-state index is 0.144. The van der Waals surface area contributed by atoms with Crippen LogP contribution in [0.3, 0.4) is 0 Å². The average molecular weight is 358 g/mol. The van der Waals surface area contributed by atoms with Crippen molar-refractivity contribution in [1.29, 1.82) is 0 Å². The summed E-state index contributed by atoms with van der Waals surface area (Å²) in [6.07, 6.45) is 7.14. The van der Waals surface area contributed by atoms with Gasteiger partial charge < -0.3 is 20.4 Å². The molecule has 1 aliphatic carbocycles. The van der Waals surface area contributed by atoms with Crippen LogP contribution in [0.5, 0.6) is 0 Å². The molecule has 0 aromatic carbocycles. The van der Waals surface area contributed by atoms with Gasteiger partial charge in [0, 0.05) is 16.6 Å². The summed E-state index contributed by atoms with van der Waals surface area (Å²) in [4.78, 5) is 19.2. The normalized spacial score (nSPS) is 14.3. The molecule has 0 aromatic heterocycles. The van der Waals surface area contributed by atoms with E-state index in [4.69, 9.17) is 10.2 Å². The zero-order valence-corrected chi connectivity index (χ0v) is 15.8. The lowest BCUT2D eigenvalue weighted by Gasteiger charge is -2.39. The molecule has 146 valence electrons. The molecule has 0 aliphatic heterocycles. The Bertz CT molecular complexity index is 375. The minimum atomic E-state index is -0.935. The van der Waals surface area contributed by atoms with Crippen molar-refractivity contribution in [2.75, 3.05) is 13.2 Å². The Kier molecular flexibility index (Phi) is 13.9. The highest BCUT2D eigenvalue weighted by Gasteiger charge is 2.36. The average Bonchev–Trinajstić information content (AvgIpc) is 2.59. The van der Waals surface area contributed by atoms with Crippen LogP contribution in [0.4, 0.5) is 0 Å². The zero-order chi connectivity index (χ0) is 20.0. The number of hydrogen-bond donors (Lipinski definition) is 4. The van der Waals surface area contributed by atoms with E-state index in [0.29, 0.717) is 5.92 Å². The molecule has 4 N–H and O–H groups in total. The highest BCUT2D eigenvalue weighted by Crippen LogP contribution is 2.40. The monoisotopic (exact) mass is 358 g/mol. The van der Waals surface area contributed by atoms with Gasteiger partial charge in [0.15, 0.2) is 0 Å². The third-order valence-corrected chi connectivity index (χ3v) is 4.54. The van der Waals surface area contributed by atoms with Crippen LogP contribution in [0.2, 0.25) is 0 Å². The number of aliphatic hydroxyl groups excluding tert-OH is 2. The molecular weight excluding hydrogens is 324 g/mol. The number of rotatable bonds is 6. The van der Waals surface area contributed by atoms with Crippen molar-refractivity contribution in [2.24, 2.45) is 11.3 Å². The molecule has 0 amide bonds. The van der Waals surface area contributed by atoms with Gasteiger partial charge in [0.1, 0.15) is 0 Å².